The van der Waals surface area contributed by atoms with Gasteiger partial charge in [0.05, 0.1) is 6.61 Å². The molecular formula is C21H26O. The van der Waals surface area contributed by atoms with Gasteiger partial charge in [0.15, 0.2) is 0 Å². The first-order valence-corrected chi connectivity index (χ1v) is 8.31. The van der Waals surface area contributed by atoms with Crippen molar-refractivity contribution in [3.05, 3.63) is 65.2 Å². The van der Waals surface area contributed by atoms with Crippen molar-refractivity contribution in [2.24, 2.45) is 5.41 Å². The van der Waals surface area contributed by atoms with Gasteiger partial charge in [0, 0.05) is 5.92 Å². The van der Waals surface area contributed by atoms with Gasteiger partial charge >= 0.3 is 0 Å². The molecule has 0 amide bonds. The zero-order chi connectivity index (χ0) is 15.6. The molecule has 2 aromatic rings. The molecule has 0 spiro atoms. The predicted octanol–water partition coefficient (Wildman–Crippen LogP) is 5.38. The van der Waals surface area contributed by atoms with E-state index in [1.807, 2.05) is 0 Å². The second-order valence-electron chi connectivity index (χ2n) is 7.63. The highest BCUT2D eigenvalue weighted by molar-refractivity contribution is 5.35. The van der Waals surface area contributed by atoms with Crippen molar-refractivity contribution < 1.29 is 4.74 Å². The van der Waals surface area contributed by atoms with Crippen LogP contribution in [0.3, 0.4) is 0 Å². The standard InChI is InChI=1S/C21H26O/c1-21(2,3)14-16-7-6-9-19(13-16)22-15-18-12-11-17-8-4-5-10-20(17)18/h4-10,13,18H,11-12,14-15H2,1-3H3. The summed E-state index contributed by atoms with van der Waals surface area (Å²) in [4.78, 5) is 0. The number of fused-ring (bicyclic) bond motifs is 1. The third kappa shape index (κ3) is 3.71. The van der Waals surface area contributed by atoms with Crippen LogP contribution in [0.5, 0.6) is 5.75 Å². The molecule has 1 aliphatic rings. The lowest BCUT2D eigenvalue weighted by Crippen LogP contribution is -2.10. The van der Waals surface area contributed by atoms with Crippen LogP contribution in [0, 0.1) is 5.41 Å². The average Bonchev–Trinajstić information content (AvgIpc) is 2.87. The Balaban J connectivity index is 1.64. The van der Waals surface area contributed by atoms with Gasteiger partial charge in [0.1, 0.15) is 5.75 Å². The summed E-state index contributed by atoms with van der Waals surface area (Å²) in [5.74, 6) is 1.55. The Labute approximate surface area is 134 Å². The van der Waals surface area contributed by atoms with E-state index in [1.54, 1.807) is 0 Å². The van der Waals surface area contributed by atoms with E-state index in [0.717, 1.165) is 18.8 Å². The molecule has 0 aliphatic heterocycles. The van der Waals surface area contributed by atoms with E-state index in [2.05, 4.69) is 69.3 Å². The predicted molar refractivity (Wildman–Crippen MR) is 92.6 cm³/mol. The van der Waals surface area contributed by atoms with Crippen molar-refractivity contribution >= 4 is 0 Å². The van der Waals surface area contributed by atoms with Crippen LogP contribution in [-0.2, 0) is 12.8 Å². The number of hydrogen-bond donors (Lipinski definition) is 0. The Morgan fingerprint density at radius 3 is 2.68 bits per heavy atom. The largest absolute Gasteiger partial charge is 0.493 e. The summed E-state index contributed by atoms with van der Waals surface area (Å²) in [5, 5.41) is 0. The number of ether oxygens (including phenoxy) is 1. The zero-order valence-corrected chi connectivity index (χ0v) is 13.9. The van der Waals surface area contributed by atoms with Gasteiger partial charge in [-0.2, -0.15) is 0 Å². The van der Waals surface area contributed by atoms with Crippen LogP contribution in [0.25, 0.3) is 0 Å². The van der Waals surface area contributed by atoms with Crippen molar-refractivity contribution in [2.75, 3.05) is 6.61 Å². The highest BCUT2D eigenvalue weighted by Crippen LogP contribution is 2.33. The molecule has 0 heterocycles. The molecule has 1 aliphatic carbocycles. The highest BCUT2D eigenvalue weighted by atomic mass is 16.5. The monoisotopic (exact) mass is 294 g/mol. The van der Waals surface area contributed by atoms with Gasteiger partial charge in [-0.1, -0.05) is 57.2 Å². The molecule has 1 atom stereocenters. The Morgan fingerprint density at radius 2 is 1.86 bits per heavy atom. The van der Waals surface area contributed by atoms with E-state index in [-0.39, 0.29) is 0 Å². The Hall–Kier alpha value is -1.76. The summed E-state index contributed by atoms with van der Waals surface area (Å²) in [5.41, 5.74) is 4.64. The molecule has 0 N–H and O–H groups in total. The fourth-order valence-electron chi connectivity index (χ4n) is 3.37. The lowest BCUT2D eigenvalue weighted by Gasteiger charge is -2.19. The highest BCUT2D eigenvalue weighted by Gasteiger charge is 2.22. The summed E-state index contributed by atoms with van der Waals surface area (Å²) in [6, 6.07) is 17.4. The number of aryl methyl sites for hydroxylation is 1. The average molecular weight is 294 g/mol. The lowest BCUT2D eigenvalue weighted by molar-refractivity contribution is 0.287. The van der Waals surface area contributed by atoms with Crippen molar-refractivity contribution in [2.45, 2.75) is 46.0 Å². The summed E-state index contributed by atoms with van der Waals surface area (Å²) in [6.45, 7) is 7.61. The van der Waals surface area contributed by atoms with Crippen LogP contribution >= 0.6 is 0 Å². The van der Waals surface area contributed by atoms with Crippen molar-refractivity contribution in [3.8, 4) is 5.75 Å². The van der Waals surface area contributed by atoms with Crippen LogP contribution in [0.1, 0.15) is 49.8 Å². The molecule has 0 aromatic heterocycles. The minimum atomic E-state index is 0.309. The van der Waals surface area contributed by atoms with Crippen LogP contribution in [0.2, 0.25) is 0 Å². The smallest absolute Gasteiger partial charge is 0.119 e. The quantitative estimate of drug-likeness (QED) is 0.735. The fourth-order valence-corrected chi connectivity index (χ4v) is 3.37. The fraction of sp³-hybridized carbons (Fsp3) is 0.429. The molecule has 1 unspecified atom stereocenters. The number of rotatable bonds is 4. The van der Waals surface area contributed by atoms with E-state index >= 15 is 0 Å². The minimum absolute atomic E-state index is 0.309. The van der Waals surface area contributed by atoms with Gasteiger partial charge < -0.3 is 4.74 Å². The topological polar surface area (TPSA) is 9.23 Å². The molecule has 3 rings (SSSR count). The third-order valence-corrected chi connectivity index (χ3v) is 4.34. The van der Waals surface area contributed by atoms with Gasteiger partial charge in [-0.25, -0.2) is 0 Å². The van der Waals surface area contributed by atoms with Crippen molar-refractivity contribution in [3.63, 3.8) is 0 Å². The van der Waals surface area contributed by atoms with Gasteiger partial charge in [-0.3, -0.25) is 0 Å². The molecule has 0 radical (unpaired) electrons. The molecule has 0 bridgehead atoms. The molecule has 1 nitrogen and oxygen atoms in total. The third-order valence-electron chi connectivity index (χ3n) is 4.34. The van der Waals surface area contributed by atoms with Gasteiger partial charge in [-0.05, 0) is 53.5 Å². The van der Waals surface area contributed by atoms with E-state index in [9.17, 15) is 0 Å². The first-order valence-electron chi connectivity index (χ1n) is 8.31. The Bertz CT molecular complexity index is 636. The summed E-state index contributed by atoms with van der Waals surface area (Å²) in [7, 11) is 0. The minimum Gasteiger partial charge on any atom is -0.493 e. The lowest BCUT2D eigenvalue weighted by atomic mass is 9.88. The maximum absolute atomic E-state index is 6.10. The van der Waals surface area contributed by atoms with E-state index in [4.69, 9.17) is 4.74 Å². The van der Waals surface area contributed by atoms with E-state index in [0.29, 0.717) is 11.3 Å². The van der Waals surface area contributed by atoms with Crippen molar-refractivity contribution in [1.82, 2.24) is 0 Å². The number of benzene rings is 2. The van der Waals surface area contributed by atoms with Gasteiger partial charge in [0.2, 0.25) is 0 Å². The van der Waals surface area contributed by atoms with Crippen molar-refractivity contribution in [1.29, 1.82) is 0 Å². The molecule has 22 heavy (non-hydrogen) atoms. The molecular weight excluding hydrogens is 268 g/mol. The summed E-state index contributed by atoms with van der Waals surface area (Å²) in [6.07, 6.45) is 3.48. The van der Waals surface area contributed by atoms with Crippen LogP contribution in [-0.4, -0.2) is 6.61 Å². The Kier molecular flexibility index (Phi) is 4.24. The van der Waals surface area contributed by atoms with Gasteiger partial charge in [0.25, 0.3) is 0 Å². The molecule has 1 heteroatoms. The number of hydrogen-bond acceptors (Lipinski definition) is 1. The summed E-state index contributed by atoms with van der Waals surface area (Å²) < 4.78 is 6.10. The van der Waals surface area contributed by atoms with Crippen LogP contribution in [0.4, 0.5) is 0 Å². The summed E-state index contributed by atoms with van der Waals surface area (Å²) >= 11 is 0. The van der Waals surface area contributed by atoms with Crippen LogP contribution < -0.4 is 4.74 Å². The zero-order valence-electron chi connectivity index (χ0n) is 13.9. The molecule has 0 saturated carbocycles. The second kappa shape index (κ2) is 6.16. The molecule has 116 valence electrons. The SMILES string of the molecule is CC(C)(C)Cc1cccc(OCC2CCc3ccccc32)c1. The molecule has 0 saturated heterocycles. The first kappa shape index (κ1) is 15.1. The van der Waals surface area contributed by atoms with E-state index in [1.165, 1.54) is 29.5 Å². The molecule has 2 aromatic carbocycles. The van der Waals surface area contributed by atoms with E-state index < -0.39 is 0 Å². The first-order chi connectivity index (χ1) is 10.5. The van der Waals surface area contributed by atoms with Gasteiger partial charge in [-0.15, -0.1) is 0 Å². The second-order valence-corrected chi connectivity index (χ2v) is 7.63. The molecule has 0 fully saturated rings. The maximum atomic E-state index is 6.10. The van der Waals surface area contributed by atoms with Crippen LogP contribution in [0.15, 0.2) is 48.5 Å². The normalized spacial score (nSPS) is 17.3. The maximum Gasteiger partial charge on any atom is 0.119 e. The Morgan fingerprint density at radius 1 is 1.05 bits per heavy atom.